The Morgan fingerprint density at radius 3 is 3.08 bits per heavy atom. The summed E-state index contributed by atoms with van der Waals surface area (Å²) >= 11 is 3.02. The summed E-state index contributed by atoms with van der Waals surface area (Å²) < 4.78 is 5.00. The molecular weight excluding hydrogens is 240 g/mol. The summed E-state index contributed by atoms with van der Waals surface area (Å²) in [4.78, 5) is 18.5. The van der Waals surface area contributed by atoms with Crippen LogP contribution >= 0.6 is 15.9 Å². The molecule has 2 aromatic heterocycles. The molecule has 0 unspecified atom stereocenters. The highest BCUT2D eigenvalue weighted by molar-refractivity contribution is 9.10. The number of aromatic nitrogens is 2. The summed E-state index contributed by atoms with van der Waals surface area (Å²) in [5.41, 5.74) is 0.831. The van der Waals surface area contributed by atoms with Crippen molar-refractivity contribution in [3.05, 3.63) is 22.6 Å². The van der Waals surface area contributed by atoms with Gasteiger partial charge in [-0.3, -0.25) is 0 Å². The average Bonchev–Trinajstić information content (AvgIpc) is 2.42. The first-order valence-corrected chi connectivity index (χ1v) is 4.11. The highest BCUT2D eigenvalue weighted by Crippen LogP contribution is 2.17. The number of fused-ring (bicyclic) bond motifs is 1. The number of nitrogens with zero attached hydrogens (tertiary/aromatic N) is 2. The summed E-state index contributed by atoms with van der Waals surface area (Å²) in [6.07, 6.45) is 1.22. The Labute approximate surface area is 80.5 Å². The van der Waals surface area contributed by atoms with Crippen LogP contribution in [0.25, 0.3) is 11.2 Å². The van der Waals surface area contributed by atoms with Gasteiger partial charge in [0, 0.05) is 22.1 Å². The van der Waals surface area contributed by atoms with E-state index in [2.05, 4.69) is 25.9 Å². The number of halogens is 1. The predicted octanol–water partition coefficient (Wildman–Crippen LogP) is 1.68. The maximum absolute atomic E-state index is 10.5. The Kier molecular flexibility index (Phi) is 1.77. The van der Waals surface area contributed by atoms with Gasteiger partial charge in [-0.15, -0.1) is 0 Å². The van der Waals surface area contributed by atoms with Crippen molar-refractivity contribution < 1.29 is 14.3 Å². The Balaban J connectivity index is 2.67. The molecule has 0 aliphatic carbocycles. The molecule has 0 saturated carbocycles. The number of carbonyl (C=O) groups is 1. The van der Waals surface area contributed by atoms with Gasteiger partial charge in [0.05, 0.1) is 5.56 Å². The molecule has 13 heavy (non-hydrogen) atoms. The summed E-state index contributed by atoms with van der Waals surface area (Å²) in [6, 6.07) is 1.40. The van der Waals surface area contributed by atoms with Crippen LogP contribution in [0.3, 0.4) is 0 Å². The van der Waals surface area contributed by atoms with Crippen LogP contribution < -0.4 is 0 Å². The van der Waals surface area contributed by atoms with E-state index >= 15 is 0 Å². The number of aromatic carboxylic acids is 1. The summed E-state index contributed by atoms with van der Waals surface area (Å²) in [5.74, 6) is -1.03. The van der Waals surface area contributed by atoms with E-state index in [0.29, 0.717) is 11.2 Å². The van der Waals surface area contributed by atoms with E-state index < -0.39 is 5.97 Å². The zero-order valence-electron chi connectivity index (χ0n) is 6.19. The molecule has 2 rings (SSSR count). The van der Waals surface area contributed by atoms with Crippen LogP contribution in [0.15, 0.2) is 21.5 Å². The number of carboxylic acids is 1. The van der Waals surface area contributed by atoms with E-state index in [1.165, 1.54) is 12.3 Å². The standard InChI is InChI=1S/C7H3BrN2O3/c8-7-10-4-1-3(6(11)12)2-9-5(4)13-7/h1-2H,(H,11,12). The van der Waals surface area contributed by atoms with Crippen LogP contribution in [0, 0.1) is 0 Å². The number of hydrogen-bond acceptors (Lipinski definition) is 4. The van der Waals surface area contributed by atoms with Gasteiger partial charge < -0.3 is 9.52 Å². The monoisotopic (exact) mass is 242 g/mol. The highest BCUT2D eigenvalue weighted by Gasteiger charge is 2.08. The minimum atomic E-state index is -1.03. The Morgan fingerprint density at radius 2 is 2.38 bits per heavy atom. The number of oxazole rings is 1. The number of rotatable bonds is 1. The largest absolute Gasteiger partial charge is 0.478 e. The lowest BCUT2D eigenvalue weighted by molar-refractivity contribution is 0.0696. The smallest absolute Gasteiger partial charge is 0.337 e. The van der Waals surface area contributed by atoms with E-state index in [1.807, 2.05) is 0 Å². The number of carboxylic acid groups (broad SMARTS) is 1. The van der Waals surface area contributed by atoms with E-state index in [0.717, 1.165) is 0 Å². The normalized spacial score (nSPS) is 10.5. The second-order valence-corrected chi connectivity index (χ2v) is 3.00. The van der Waals surface area contributed by atoms with Gasteiger partial charge in [-0.25, -0.2) is 14.8 Å². The lowest BCUT2D eigenvalue weighted by Crippen LogP contribution is -1.96. The van der Waals surface area contributed by atoms with Crippen molar-refractivity contribution in [2.45, 2.75) is 0 Å². The molecule has 1 N–H and O–H groups in total. The third-order valence-electron chi connectivity index (χ3n) is 1.47. The van der Waals surface area contributed by atoms with Crippen molar-refractivity contribution >= 4 is 33.1 Å². The topological polar surface area (TPSA) is 76.2 Å². The van der Waals surface area contributed by atoms with Crippen molar-refractivity contribution in [3.8, 4) is 0 Å². The van der Waals surface area contributed by atoms with Crippen LogP contribution in [0.5, 0.6) is 0 Å². The van der Waals surface area contributed by atoms with Crippen LogP contribution in [0.1, 0.15) is 10.4 Å². The molecule has 0 amide bonds. The zero-order valence-corrected chi connectivity index (χ0v) is 7.78. The minimum Gasteiger partial charge on any atom is -0.478 e. The third kappa shape index (κ3) is 1.40. The average molecular weight is 243 g/mol. The molecule has 2 aromatic rings. The van der Waals surface area contributed by atoms with Crippen molar-refractivity contribution in [2.24, 2.45) is 0 Å². The summed E-state index contributed by atoms with van der Waals surface area (Å²) in [7, 11) is 0. The van der Waals surface area contributed by atoms with Gasteiger partial charge in [0.15, 0.2) is 0 Å². The second kappa shape index (κ2) is 2.81. The zero-order chi connectivity index (χ0) is 9.42. The van der Waals surface area contributed by atoms with Gasteiger partial charge in [0.25, 0.3) is 4.80 Å². The van der Waals surface area contributed by atoms with Gasteiger partial charge in [-0.1, -0.05) is 0 Å². The van der Waals surface area contributed by atoms with Crippen LogP contribution in [0.4, 0.5) is 0 Å². The van der Waals surface area contributed by atoms with Crippen LogP contribution in [-0.4, -0.2) is 21.0 Å². The van der Waals surface area contributed by atoms with E-state index in [-0.39, 0.29) is 10.4 Å². The molecule has 0 fully saturated rings. The first-order valence-electron chi connectivity index (χ1n) is 3.32. The fraction of sp³-hybridized carbons (Fsp3) is 0. The molecule has 0 aliphatic rings. The van der Waals surface area contributed by atoms with Crippen molar-refractivity contribution in [1.29, 1.82) is 0 Å². The molecule has 6 heteroatoms. The lowest BCUT2D eigenvalue weighted by atomic mass is 10.3. The van der Waals surface area contributed by atoms with Gasteiger partial charge in [0.1, 0.15) is 5.52 Å². The quantitative estimate of drug-likeness (QED) is 0.824. The van der Waals surface area contributed by atoms with Crippen molar-refractivity contribution in [1.82, 2.24) is 9.97 Å². The van der Waals surface area contributed by atoms with E-state index in [4.69, 9.17) is 9.52 Å². The highest BCUT2D eigenvalue weighted by atomic mass is 79.9. The van der Waals surface area contributed by atoms with E-state index in [9.17, 15) is 4.79 Å². The third-order valence-corrected chi connectivity index (χ3v) is 1.81. The first kappa shape index (κ1) is 8.18. The van der Waals surface area contributed by atoms with Gasteiger partial charge in [0.2, 0.25) is 5.71 Å². The summed E-state index contributed by atoms with van der Waals surface area (Å²) in [5, 5.41) is 8.64. The maximum atomic E-state index is 10.5. The summed E-state index contributed by atoms with van der Waals surface area (Å²) in [6.45, 7) is 0. The second-order valence-electron chi connectivity index (χ2n) is 2.32. The fourth-order valence-corrected chi connectivity index (χ4v) is 1.26. The molecule has 0 aromatic carbocycles. The van der Waals surface area contributed by atoms with Crippen LogP contribution in [-0.2, 0) is 0 Å². The maximum Gasteiger partial charge on any atom is 0.337 e. The lowest BCUT2D eigenvalue weighted by Gasteiger charge is -1.90. The van der Waals surface area contributed by atoms with Gasteiger partial charge in [-0.2, -0.15) is 0 Å². The molecule has 66 valence electrons. The molecule has 0 radical (unpaired) electrons. The van der Waals surface area contributed by atoms with Crippen LogP contribution in [0.2, 0.25) is 0 Å². The number of pyridine rings is 1. The molecule has 0 spiro atoms. The molecule has 0 atom stereocenters. The van der Waals surface area contributed by atoms with E-state index in [1.54, 1.807) is 0 Å². The molecular formula is C7H3BrN2O3. The first-order chi connectivity index (χ1) is 6.16. The molecule has 5 nitrogen and oxygen atoms in total. The molecule has 2 heterocycles. The Morgan fingerprint density at radius 1 is 1.62 bits per heavy atom. The number of hydrogen-bond donors (Lipinski definition) is 1. The molecule has 0 saturated heterocycles. The molecule has 0 aliphatic heterocycles. The molecule has 0 bridgehead atoms. The fourth-order valence-electron chi connectivity index (χ4n) is 0.914. The Hall–Kier alpha value is -1.43. The SMILES string of the molecule is O=C(O)c1cnc2oc(Br)nc2c1. The van der Waals surface area contributed by atoms with Gasteiger partial charge >= 0.3 is 5.97 Å². The minimum absolute atomic E-state index is 0.0910. The predicted molar refractivity (Wildman–Crippen MR) is 46.5 cm³/mol. The van der Waals surface area contributed by atoms with Gasteiger partial charge in [-0.05, 0) is 6.07 Å². The Bertz CT molecular complexity index is 480. The van der Waals surface area contributed by atoms with Crippen molar-refractivity contribution in [3.63, 3.8) is 0 Å². The van der Waals surface area contributed by atoms with Crippen molar-refractivity contribution in [2.75, 3.05) is 0 Å².